The lowest BCUT2D eigenvalue weighted by Crippen LogP contribution is -2.38. The Labute approximate surface area is 121 Å². The molecule has 0 amide bonds. The Bertz CT molecular complexity index is 462. The number of rotatable bonds is 2. The van der Waals surface area contributed by atoms with Gasteiger partial charge in [0.05, 0.1) is 33.6 Å². The summed E-state index contributed by atoms with van der Waals surface area (Å²) in [4.78, 5) is 4.12. The number of hydrogen-bond donors (Lipinski definition) is 1. The Morgan fingerprint density at radius 2 is 2.11 bits per heavy atom. The van der Waals surface area contributed by atoms with Crippen molar-refractivity contribution in [2.75, 3.05) is 5.32 Å². The zero-order valence-corrected chi connectivity index (χ0v) is 13.4. The molecular formula is C13H18BrClN2O. The minimum absolute atomic E-state index is 0.0990. The number of halogens is 2. The first-order valence-electron chi connectivity index (χ1n) is 5.97. The van der Waals surface area contributed by atoms with E-state index in [9.17, 15) is 0 Å². The average molecular weight is 334 g/mol. The number of anilines is 1. The molecule has 5 heteroatoms. The molecule has 0 bridgehead atoms. The van der Waals surface area contributed by atoms with Crippen molar-refractivity contribution in [3.05, 3.63) is 21.9 Å². The van der Waals surface area contributed by atoms with Crippen LogP contribution in [0, 0.1) is 0 Å². The van der Waals surface area contributed by atoms with Crippen molar-refractivity contribution in [2.24, 2.45) is 0 Å². The van der Waals surface area contributed by atoms with Gasteiger partial charge in [0, 0.05) is 0 Å². The molecule has 1 aromatic heterocycles. The number of aromatic nitrogens is 1. The van der Waals surface area contributed by atoms with Crippen LogP contribution >= 0.6 is 27.5 Å². The standard InChI is InChI=1S/C13H18BrClN2O/c1-12(2)6-10(13(3,4)18-12)17-8-5-9(14)11(15)16-7-8/h5,7,10,17H,6H2,1-4H3. The Kier molecular flexibility index (Phi) is 3.65. The number of hydrogen-bond acceptors (Lipinski definition) is 3. The quantitative estimate of drug-likeness (QED) is 0.821. The fourth-order valence-electron chi connectivity index (χ4n) is 2.49. The summed E-state index contributed by atoms with van der Waals surface area (Å²) in [5.74, 6) is 0. The van der Waals surface area contributed by atoms with Gasteiger partial charge in [-0.25, -0.2) is 4.98 Å². The maximum absolute atomic E-state index is 6.05. The van der Waals surface area contributed by atoms with Crippen molar-refractivity contribution in [3.63, 3.8) is 0 Å². The lowest BCUT2D eigenvalue weighted by molar-refractivity contribution is -0.0662. The Morgan fingerprint density at radius 3 is 2.61 bits per heavy atom. The molecule has 2 heterocycles. The molecule has 0 saturated carbocycles. The van der Waals surface area contributed by atoms with Gasteiger partial charge in [0.2, 0.25) is 0 Å². The SMILES string of the molecule is CC1(C)CC(Nc2cnc(Cl)c(Br)c2)C(C)(C)O1. The first kappa shape index (κ1) is 14.1. The predicted molar refractivity (Wildman–Crippen MR) is 78.2 cm³/mol. The molecule has 18 heavy (non-hydrogen) atoms. The number of ether oxygens (including phenoxy) is 1. The third-order valence-electron chi connectivity index (χ3n) is 3.21. The molecule has 3 nitrogen and oxygen atoms in total. The van der Waals surface area contributed by atoms with Gasteiger partial charge in [-0.2, -0.15) is 0 Å². The third kappa shape index (κ3) is 2.98. The Balaban J connectivity index is 2.16. The molecule has 0 aromatic carbocycles. The molecule has 1 aromatic rings. The van der Waals surface area contributed by atoms with E-state index in [1.165, 1.54) is 0 Å². The summed E-state index contributed by atoms with van der Waals surface area (Å²) >= 11 is 9.27. The van der Waals surface area contributed by atoms with E-state index in [4.69, 9.17) is 16.3 Å². The molecular weight excluding hydrogens is 316 g/mol. The van der Waals surface area contributed by atoms with Crippen LogP contribution in [0.1, 0.15) is 34.1 Å². The Morgan fingerprint density at radius 1 is 1.44 bits per heavy atom. The summed E-state index contributed by atoms with van der Waals surface area (Å²) in [7, 11) is 0. The van der Waals surface area contributed by atoms with Crippen molar-refractivity contribution >= 4 is 33.2 Å². The van der Waals surface area contributed by atoms with E-state index in [1.807, 2.05) is 6.07 Å². The van der Waals surface area contributed by atoms with E-state index in [0.717, 1.165) is 16.6 Å². The van der Waals surface area contributed by atoms with Gasteiger partial charge in [0.25, 0.3) is 0 Å². The van der Waals surface area contributed by atoms with E-state index < -0.39 is 0 Å². The zero-order valence-electron chi connectivity index (χ0n) is 11.1. The third-order valence-corrected chi connectivity index (χ3v) is 4.35. The molecule has 1 aliphatic rings. The fourth-order valence-corrected chi connectivity index (χ4v) is 2.94. The van der Waals surface area contributed by atoms with Crippen LogP contribution < -0.4 is 5.32 Å². The molecule has 100 valence electrons. The second-order valence-corrected chi connectivity index (χ2v) is 7.08. The van der Waals surface area contributed by atoms with E-state index in [0.29, 0.717) is 5.15 Å². The van der Waals surface area contributed by atoms with E-state index in [2.05, 4.69) is 53.9 Å². The van der Waals surface area contributed by atoms with Gasteiger partial charge < -0.3 is 10.1 Å². The normalized spacial score (nSPS) is 25.1. The smallest absolute Gasteiger partial charge is 0.143 e. The molecule has 0 radical (unpaired) electrons. The molecule has 2 rings (SSSR count). The molecule has 1 N–H and O–H groups in total. The monoisotopic (exact) mass is 332 g/mol. The molecule has 1 unspecified atom stereocenters. The van der Waals surface area contributed by atoms with Crippen LogP contribution in [0.4, 0.5) is 5.69 Å². The first-order chi connectivity index (χ1) is 8.20. The van der Waals surface area contributed by atoms with Gasteiger partial charge in [-0.1, -0.05) is 11.6 Å². The highest BCUT2D eigenvalue weighted by atomic mass is 79.9. The molecule has 1 atom stereocenters. The molecule has 0 aliphatic carbocycles. The molecule has 1 aliphatic heterocycles. The number of pyridine rings is 1. The van der Waals surface area contributed by atoms with Gasteiger partial charge in [-0.15, -0.1) is 0 Å². The molecule has 1 saturated heterocycles. The van der Waals surface area contributed by atoms with Gasteiger partial charge in [0.15, 0.2) is 0 Å². The van der Waals surface area contributed by atoms with Crippen LogP contribution in [-0.4, -0.2) is 22.2 Å². The average Bonchev–Trinajstić information content (AvgIpc) is 2.40. The highest BCUT2D eigenvalue weighted by molar-refractivity contribution is 9.10. The van der Waals surface area contributed by atoms with Crippen LogP contribution in [-0.2, 0) is 4.74 Å². The summed E-state index contributed by atoms with van der Waals surface area (Å²) in [5, 5.41) is 3.95. The van der Waals surface area contributed by atoms with Crippen LogP contribution in [0.3, 0.4) is 0 Å². The topological polar surface area (TPSA) is 34.2 Å². The Hall–Kier alpha value is -0.320. The second-order valence-electron chi connectivity index (χ2n) is 5.86. The zero-order chi connectivity index (χ0) is 13.6. The maximum Gasteiger partial charge on any atom is 0.143 e. The highest BCUT2D eigenvalue weighted by Crippen LogP contribution is 2.39. The van der Waals surface area contributed by atoms with Crippen molar-refractivity contribution in [2.45, 2.75) is 51.4 Å². The fraction of sp³-hybridized carbons (Fsp3) is 0.615. The lowest BCUT2D eigenvalue weighted by Gasteiger charge is -2.28. The second kappa shape index (κ2) is 4.66. The summed E-state index contributed by atoms with van der Waals surface area (Å²) < 4.78 is 6.85. The van der Waals surface area contributed by atoms with E-state index in [-0.39, 0.29) is 17.2 Å². The minimum atomic E-state index is -0.199. The summed E-state index contributed by atoms with van der Waals surface area (Å²) in [6.45, 7) is 8.45. The van der Waals surface area contributed by atoms with E-state index >= 15 is 0 Å². The van der Waals surface area contributed by atoms with Gasteiger partial charge in [0.1, 0.15) is 5.15 Å². The van der Waals surface area contributed by atoms with Crippen molar-refractivity contribution in [1.82, 2.24) is 4.98 Å². The van der Waals surface area contributed by atoms with Gasteiger partial charge in [-0.3, -0.25) is 0 Å². The number of nitrogens with zero attached hydrogens (tertiary/aromatic N) is 1. The maximum atomic E-state index is 6.05. The van der Waals surface area contributed by atoms with Gasteiger partial charge in [-0.05, 0) is 56.1 Å². The molecule has 0 spiro atoms. The highest BCUT2D eigenvalue weighted by Gasteiger charge is 2.45. The predicted octanol–water partition coefficient (Wildman–Crippen LogP) is 4.26. The summed E-state index contributed by atoms with van der Waals surface area (Å²) in [5.41, 5.74) is 0.652. The van der Waals surface area contributed by atoms with Gasteiger partial charge >= 0.3 is 0 Å². The van der Waals surface area contributed by atoms with Crippen LogP contribution in [0.25, 0.3) is 0 Å². The first-order valence-corrected chi connectivity index (χ1v) is 7.14. The van der Waals surface area contributed by atoms with Crippen molar-refractivity contribution in [3.8, 4) is 0 Å². The van der Waals surface area contributed by atoms with Crippen LogP contribution in [0.15, 0.2) is 16.7 Å². The summed E-state index contributed by atoms with van der Waals surface area (Å²) in [6.07, 6.45) is 2.70. The largest absolute Gasteiger partial charge is 0.378 e. The molecule has 1 fully saturated rings. The summed E-state index contributed by atoms with van der Waals surface area (Å²) in [6, 6.07) is 2.19. The van der Waals surface area contributed by atoms with Crippen LogP contribution in [0.2, 0.25) is 5.15 Å². The minimum Gasteiger partial charge on any atom is -0.378 e. The van der Waals surface area contributed by atoms with Crippen molar-refractivity contribution in [1.29, 1.82) is 0 Å². The lowest BCUT2D eigenvalue weighted by atomic mass is 9.94. The van der Waals surface area contributed by atoms with Crippen LogP contribution in [0.5, 0.6) is 0 Å². The van der Waals surface area contributed by atoms with Crippen molar-refractivity contribution < 1.29 is 4.74 Å². The number of nitrogens with one attached hydrogen (secondary N) is 1. The van der Waals surface area contributed by atoms with E-state index in [1.54, 1.807) is 6.20 Å².